The Labute approximate surface area is 116 Å². The third-order valence-corrected chi connectivity index (χ3v) is 3.83. The van der Waals surface area contributed by atoms with Gasteiger partial charge in [0.1, 0.15) is 18.2 Å². The number of hydrogen-bond donors (Lipinski definition) is 1. The molecule has 106 valence electrons. The molecule has 1 aromatic heterocycles. The van der Waals surface area contributed by atoms with Crippen LogP contribution >= 0.6 is 0 Å². The summed E-state index contributed by atoms with van der Waals surface area (Å²) < 4.78 is 6.17. The maximum atomic E-state index is 6.17. The highest BCUT2D eigenvalue weighted by Crippen LogP contribution is 2.33. The highest BCUT2D eigenvalue weighted by Gasteiger charge is 2.23. The van der Waals surface area contributed by atoms with Crippen molar-refractivity contribution in [3.05, 3.63) is 11.9 Å². The van der Waals surface area contributed by atoms with E-state index in [9.17, 15) is 0 Å². The Morgan fingerprint density at radius 2 is 2.11 bits per heavy atom. The van der Waals surface area contributed by atoms with Gasteiger partial charge in [-0.15, -0.1) is 0 Å². The maximum absolute atomic E-state index is 6.17. The van der Waals surface area contributed by atoms with E-state index in [0.717, 1.165) is 36.0 Å². The van der Waals surface area contributed by atoms with Gasteiger partial charge in [-0.1, -0.05) is 27.2 Å². The van der Waals surface area contributed by atoms with E-state index in [4.69, 9.17) is 4.74 Å². The van der Waals surface area contributed by atoms with E-state index in [1.54, 1.807) is 6.33 Å². The van der Waals surface area contributed by atoms with Crippen LogP contribution in [0.25, 0.3) is 0 Å². The number of nitrogens with zero attached hydrogens (tertiary/aromatic N) is 2. The molecule has 2 rings (SSSR count). The summed E-state index contributed by atoms with van der Waals surface area (Å²) in [5.41, 5.74) is 1.09. The number of nitrogens with one attached hydrogen (secondary N) is 1. The molecule has 1 N–H and O–H groups in total. The summed E-state index contributed by atoms with van der Waals surface area (Å²) in [6, 6.07) is 0. The fourth-order valence-electron chi connectivity index (χ4n) is 2.84. The lowest BCUT2D eigenvalue weighted by atomic mass is 9.88. The van der Waals surface area contributed by atoms with Gasteiger partial charge < -0.3 is 10.1 Å². The number of ether oxygens (including phenoxy) is 1. The quantitative estimate of drug-likeness (QED) is 0.901. The van der Waals surface area contributed by atoms with Gasteiger partial charge in [-0.2, -0.15) is 0 Å². The molecule has 2 atom stereocenters. The SMILES string of the molecule is CNc1ncnc(OC2CCCC(C)C2)c1C(C)C. The molecule has 0 aliphatic heterocycles. The molecule has 1 aliphatic carbocycles. The second kappa shape index (κ2) is 6.22. The van der Waals surface area contributed by atoms with Crippen LogP contribution in [0, 0.1) is 5.92 Å². The zero-order valence-electron chi connectivity index (χ0n) is 12.4. The van der Waals surface area contributed by atoms with Crippen molar-refractivity contribution < 1.29 is 4.74 Å². The van der Waals surface area contributed by atoms with Crippen LogP contribution in [0.15, 0.2) is 6.33 Å². The summed E-state index contributed by atoms with van der Waals surface area (Å²) in [6.07, 6.45) is 6.74. The van der Waals surface area contributed by atoms with Crippen LogP contribution in [0.2, 0.25) is 0 Å². The molecule has 1 heterocycles. The number of hydrogen-bond acceptors (Lipinski definition) is 4. The van der Waals surface area contributed by atoms with Gasteiger partial charge >= 0.3 is 0 Å². The Morgan fingerprint density at radius 3 is 2.74 bits per heavy atom. The van der Waals surface area contributed by atoms with Crippen LogP contribution in [0.1, 0.15) is 57.9 Å². The Hall–Kier alpha value is -1.32. The number of anilines is 1. The molecular formula is C15H25N3O. The van der Waals surface area contributed by atoms with Crippen LogP contribution in [0.3, 0.4) is 0 Å². The molecule has 0 radical (unpaired) electrons. The first-order valence-corrected chi connectivity index (χ1v) is 7.31. The maximum Gasteiger partial charge on any atom is 0.222 e. The highest BCUT2D eigenvalue weighted by atomic mass is 16.5. The summed E-state index contributed by atoms with van der Waals surface area (Å²) in [5, 5.41) is 3.13. The second-order valence-corrected chi connectivity index (χ2v) is 5.86. The molecule has 0 bridgehead atoms. The Balaban J connectivity index is 2.19. The molecule has 19 heavy (non-hydrogen) atoms. The smallest absolute Gasteiger partial charge is 0.222 e. The fraction of sp³-hybridized carbons (Fsp3) is 0.733. The van der Waals surface area contributed by atoms with Crippen molar-refractivity contribution in [3.8, 4) is 5.88 Å². The molecule has 1 fully saturated rings. The molecule has 1 aromatic rings. The molecule has 1 aliphatic rings. The zero-order valence-corrected chi connectivity index (χ0v) is 12.4. The van der Waals surface area contributed by atoms with Crippen molar-refractivity contribution in [1.29, 1.82) is 0 Å². The van der Waals surface area contributed by atoms with E-state index < -0.39 is 0 Å². The van der Waals surface area contributed by atoms with Crippen LogP contribution in [0.5, 0.6) is 5.88 Å². The van der Waals surface area contributed by atoms with Gasteiger partial charge in [0.15, 0.2) is 0 Å². The Kier molecular flexibility index (Phi) is 4.61. The van der Waals surface area contributed by atoms with Crippen molar-refractivity contribution in [2.24, 2.45) is 5.92 Å². The first-order valence-electron chi connectivity index (χ1n) is 7.31. The van der Waals surface area contributed by atoms with E-state index in [0.29, 0.717) is 12.0 Å². The van der Waals surface area contributed by atoms with Gasteiger partial charge in [0.05, 0.1) is 5.56 Å². The van der Waals surface area contributed by atoms with Gasteiger partial charge in [0, 0.05) is 7.05 Å². The van der Waals surface area contributed by atoms with Gasteiger partial charge in [-0.05, 0) is 31.1 Å². The highest BCUT2D eigenvalue weighted by molar-refractivity contribution is 5.50. The molecule has 0 spiro atoms. The lowest BCUT2D eigenvalue weighted by Gasteiger charge is -2.28. The summed E-state index contributed by atoms with van der Waals surface area (Å²) in [6.45, 7) is 6.60. The van der Waals surface area contributed by atoms with Crippen LogP contribution in [-0.2, 0) is 0 Å². The Bertz CT molecular complexity index is 420. The predicted molar refractivity (Wildman–Crippen MR) is 77.7 cm³/mol. The summed E-state index contributed by atoms with van der Waals surface area (Å²) in [5.74, 6) is 2.74. The van der Waals surface area contributed by atoms with Crippen molar-refractivity contribution >= 4 is 5.82 Å². The van der Waals surface area contributed by atoms with Gasteiger partial charge in [-0.25, -0.2) is 9.97 Å². The topological polar surface area (TPSA) is 47.0 Å². The van der Waals surface area contributed by atoms with Crippen LogP contribution in [0.4, 0.5) is 5.82 Å². The first kappa shape index (κ1) is 14.1. The molecule has 2 unspecified atom stereocenters. The van der Waals surface area contributed by atoms with Crippen molar-refractivity contribution in [2.45, 2.75) is 58.5 Å². The molecule has 0 aromatic carbocycles. The average Bonchev–Trinajstić information content (AvgIpc) is 2.38. The summed E-state index contributed by atoms with van der Waals surface area (Å²) >= 11 is 0. The van der Waals surface area contributed by atoms with Crippen LogP contribution < -0.4 is 10.1 Å². The summed E-state index contributed by atoms with van der Waals surface area (Å²) in [7, 11) is 1.89. The molecule has 0 amide bonds. The molecule has 4 heteroatoms. The molecule has 1 saturated carbocycles. The second-order valence-electron chi connectivity index (χ2n) is 5.86. The third kappa shape index (κ3) is 3.37. The van der Waals surface area contributed by atoms with Gasteiger partial charge in [0.25, 0.3) is 0 Å². The van der Waals surface area contributed by atoms with E-state index in [-0.39, 0.29) is 0 Å². The first-order chi connectivity index (χ1) is 9.11. The fourth-order valence-corrected chi connectivity index (χ4v) is 2.84. The van der Waals surface area contributed by atoms with E-state index >= 15 is 0 Å². The van der Waals surface area contributed by atoms with E-state index in [1.807, 2.05) is 7.05 Å². The lowest BCUT2D eigenvalue weighted by Crippen LogP contribution is -2.25. The predicted octanol–water partition coefficient (Wildman–Crippen LogP) is 3.60. The number of aromatic nitrogens is 2. The van der Waals surface area contributed by atoms with Crippen LogP contribution in [-0.4, -0.2) is 23.1 Å². The third-order valence-electron chi connectivity index (χ3n) is 3.83. The molecular weight excluding hydrogens is 238 g/mol. The summed E-state index contributed by atoms with van der Waals surface area (Å²) in [4.78, 5) is 8.64. The van der Waals surface area contributed by atoms with E-state index in [1.165, 1.54) is 12.8 Å². The van der Waals surface area contributed by atoms with Gasteiger partial charge in [-0.3, -0.25) is 0 Å². The van der Waals surface area contributed by atoms with Crippen molar-refractivity contribution in [3.63, 3.8) is 0 Å². The largest absolute Gasteiger partial charge is 0.474 e. The van der Waals surface area contributed by atoms with Gasteiger partial charge in [0.2, 0.25) is 5.88 Å². The minimum Gasteiger partial charge on any atom is -0.474 e. The normalized spacial score (nSPS) is 23.4. The minimum absolute atomic E-state index is 0.306. The monoisotopic (exact) mass is 263 g/mol. The Morgan fingerprint density at radius 1 is 1.32 bits per heavy atom. The van der Waals surface area contributed by atoms with Crippen molar-refractivity contribution in [1.82, 2.24) is 9.97 Å². The van der Waals surface area contributed by atoms with E-state index in [2.05, 4.69) is 36.1 Å². The lowest BCUT2D eigenvalue weighted by molar-refractivity contribution is 0.122. The number of rotatable bonds is 4. The average molecular weight is 263 g/mol. The molecule has 0 saturated heterocycles. The zero-order chi connectivity index (χ0) is 13.8. The standard InChI is InChI=1S/C15H25N3O/c1-10(2)13-14(16-4)17-9-18-15(13)19-12-7-5-6-11(3)8-12/h9-12H,5-8H2,1-4H3,(H,16,17,18). The van der Waals surface area contributed by atoms with Crippen molar-refractivity contribution in [2.75, 3.05) is 12.4 Å². The minimum atomic E-state index is 0.306. The molecule has 4 nitrogen and oxygen atoms in total.